The predicted octanol–water partition coefficient (Wildman–Crippen LogP) is 3.99. The summed E-state index contributed by atoms with van der Waals surface area (Å²) in [5.41, 5.74) is 2.23. The zero-order valence-electron chi connectivity index (χ0n) is 20.4. The molecule has 2 saturated heterocycles. The van der Waals surface area contributed by atoms with Gasteiger partial charge in [-0.25, -0.2) is 9.97 Å². The van der Waals surface area contributed by atoms with E-state index in [2.05, 4.69) is 28.9 Å². The lowest BCUT2D eigenvalue weighted by molar-refractivity contribution is 0.0632. The summed E-state index contributed by atoms with van der Waals surface area (Å²) in [5, 5.41) is 1.06. The van der Waals surface area contributed by atoms with Gasteiger partial charge in [-0.2, -0.15) is 0 Å². The number of nitrogens with zero attached hydrogens (tertiary/aromatic N) is 5. The van der Waals surface area contributed by atoms with Gasteiger partial charge < -0.3 is 19.3 Å². The van der Waals surface area contributed by atoms with Crippen LogP contribution in [0.1, 0.15) is 45.9 Å². The smallest absolute Gasteiger partial charge is 0.264 e. The molecule has 5 heterocycles. The molecule has 9 heteroatoms. The summed E-state index contributed by atoms with van der Waals surface area (Å²) in [5.74, 6) is 3.53. The predicted molar refractivity (Wildman–Crippen MR) is 137 cm³/mol. The van der Waals surface area contributed by atoms with Crippen molar-refractivity contribution in [1.29, 1.82) is 0 Å². The average Bonchev–Trinajstić information content (AvgIpc) is 3.48. The zero-order chi connectivity index (χ0) is 23.9. The summed E-state index contributed by atoms with van der Waals surface area (Å²) in [4.78, 5) is 31.6. The Balaban J connectivity index is 1.17. The highest BCUT2D eigenvalue weighted by atomic mass is 32.1. The second-order valence-corrected chi connectivity index (χ2v) is 10.6. The second-order valence-electron chi connectivity index (χ2n) is 9.63. The third kappa shape index (κ3) is 4.31. The monoisotopic (exact) mass is 493 g/mol. The minimum Gasteiger partial charge on any atom is -0.454 e. The molecular formula is C26H31N5O3S. The lowest BCUT2D eigenvalue weighted by Crippen LogP contribution is -2.48. The number of carbonyl (C=O) groups is 1. The van der Waals surface area contributed by atoms with Crippen LogP contribution in [0.3, 0.4) is 0 Å². The number of ether oxygens (including phenoxy) is 2. The van der Waals surface area contributed by atoms with Crippen molar-refractivity contribution in [1.82, 2.24) is 19.8 Å². The fraction of sp³-hybridized carbons (Fsp3) is 0.500. The van der Waals surface area contributed by atoms with Crippen molar-refractivity contribution in [2.24, 2.45) is 0 Å². The number of carbonyl (C=O) groups excluding carboxylic acids is 1. The summed E-state index contributed by atoms with van der Waals surface area (Å²) in [6.07, 6.45) is 3.66. The molecule has 0 radical (unpaired) electrons. The Morgan fingerprint density at radius 1 is 0.971 bits per heavy atom. The van der Waals surface area contributed by atoms with Crippen LogP contribution in [0, 0.1) is 13.8 Å². The molecule has 2 aromatic heterocycles. The van der Waals surface area contributed by atoms with Gasteiger partial charge in [-0.3, -0.25) is 9.69 Å². The van der Waals surface area contributed by atoms with Crippen LogP contribution in [0.4, 0.5) is 5.82 Å². The summed E-state index contributed by atoms with van der Waals surface area (Å²) in [6.45, 7) is 10.3. The molecule has 6 rings (SSSR count). The van der Waals surface area contributed by atoms with E-state index in [0.29, 0.717) is 6.79 Å². The highest BCUT2D eigenvalue weighted by Crippen LogP contribution is 2.37. The van der Waals surface area contributed by atoms with E-state index < -0.39 is 0 Å². The molecule has 0 bridgehead atoms. The third-order valence-electron chi connectivity index (χ3n) is 7.24. The minimum absolute atomic E-state index is 0.121. The zero-order valence-corrected chi connectivity index (χ0v) is 21.2. The Hall–Kier alpha value is -2.91. The number of piperidine rings is 1. The number of thiophene rings is 1. The summed E-state index contributed by atoms with van der Waals surface area (Å²) in [6, 6.07) is 6.13. The van der Waals surface area contributed by atoms with Crippen LogP contribution in [-0.2, 0) is 6.54 Å². The normalized spacial score (nSPS) is 18.5. The lowest BCUT2D eigenvalue weighted by Gasteiger charge is -2.34. The molecule has 0 N–H and O–H groups in total. The fourth-order valence-electron chi connectivity index (χ4n) is 5.31. The van der Waals surface area contributed by atoms with Crippen LogP contribution in [0.2, 0.25) is 0 Å². The van der Waals surface area contributed by atoms with Gasteiger partial charge in [-0.05, 0) is 56.4 Å². The Morgan fingerprint density at radius 3 is 2.54 bits per heavy atom. The maximum absolute atomic E-state index is 13.6. The van der Waals surface area contributed by atoms with Crippen molar-refractivity contribution in [3.63, 3.8) is 0 Å². The molecular weight excluding hydrogens is 462 g/mol. The van der Waals surface area contributed by atoms with Gasteiger partial charge in [0.1, 0.15) is 16.5 Å². The van der Waals surface area contributed by atoms with Crippen molar-refractivity contribution in [2.75, 3.05) is 51.0 Å². The fourth-order valence-corrected chi connectivity index (χ4v) is 6.50. The van der Waals surface area contributed by atoms with E-state index in [1.54, 1.807) is 0 Å². The lowest BCUT2D eigenvalue weighted by atomic mass is 10.1. The van der Waals surface area contributed by atoms with Crippen LogP contribution < -0.4 is 14.4 Å². The van der Waals surface area contributed by atoms with Crippen molar-refractivity contribution in [3.8, 4) is 11.5 Å². The first-order valence-corrected chi connectivity index (χ1v) is 13.3. The highest BCUT2D eigenvalue weighted by Gasteiger charge is 2.28. The van der Waals surface area contributed by atoms with E-state index in [1.165, 1.54) is 36.2 Å². The number of anilines is 1. The van der Waals surface area contributed by atoms with Gasteiger partial charge in [0.15, 0.2) is 11.5 Å². The molecule has 3 aliphatic heterocycles. The van der Waals surface area contributed by atoms with E-state index in [9.17, 15) is 4.79 Å². The maximum atomic E-state index is 13.6. The number of fused-ring (bicyclic) bond motifs is 2. The average molecular weight is 494 g/mol. The van der Waals surface area contributed by atoms with E-state index in [1.807, 2.05) is 17.9 Å². The molecule has 2 fully saturated rings. The Bertz CT molecular complexity index is 1260. The number of aryl methyl sites for hydroxylation is 2. The van der Waals surface area contributed by atoms with E-state index in [-0.39, 0.29) is 5.91 Å². The number of rotatable bonds is 4. The van der Waals surface area contributed by atoms with Gasteiger partial charge >= 0.3 is 0 Å². The molecule has 35 heavy (non-hydrogen) atoms. The largest absolute Gasteiger partial charge is 0.454 e. The van der Waals surface area contributed by atoms with Crippen molar-refractivity contribution in [2.45, 2.75) is 39.7 Å². The van der Waals surface area contributed by atoms with E-state index in [4.69, 9.17) is 19.4 Å². The number of hydrogen-bond acceptors (Lipinski definition) is 8. The van der Waals surface area contributed by atoms with Gasteiger partial charge in [0, 0.05) is 45.8 Å². The molecule has 0 saturated carbocycles. The van der Waals surface area contributed by atoms with Gasteiger partial charge in [-0.1, -0.05) is 6.07 Å². The molecule has 0 spiro atoms. The third-order valence-corrected chi connectivity index (χ3v) is 8.41. The first-order chi connectivity index (χ1) is 17.1. The van der Waals surface area contributed by atoms with Crippen LogP contribution in [-0.4, -0.2) is 71.7 Å². The first kappa shape index (κ1) is 22.5. The molecule has 0 atom stereocenters. The minimum atomic E-state index is 0.121. The molecule has 8 nitrogen and oxygen atoms in total. The van der Waals surface area contributed by atoms with E-state index >= 15 is 0 Å². The SMILES string of the molecule is Cc1nc(N2CCCCC2)c2c(C)c(C(=O)N3CCN(Cc4ccc5c(c4)OCO5)CC3)sc2n1. The maximum Gasteiger partial charge on any atom is 0.264 e. The van der Waals surface area contributed by atoms with Crippen molar-refractivity contribution < 1.29 is 14.3 Å². The molecule has 3 aromatic rings. The Morgan fingerprint density at radius 2 is 1.74 bits per heavy atom. The number of aromatic nitrogens is 2. The molecule has 0 aliphatic carbocycles. The van der Waals surface area contributed by atoms with Crippen LogP contribution in [0.15, 0.2) is 18.2 Å². The molecule has 0 unspecified atom stereocenters. The van der Waals surface area contributed by atoms with Gasteiger partial charge in [0.05, 0.1) is 10.3 Å². The molecule has 1 amide bonds. The van der Waals surface area contributed by atoms with Crippen LogP contribution in [0.5, 0.6) is 11.5 Å². The Labute approximate surface area is 209 Å². The topological polar surface area (TPSA) is 71.0 Å². The van der Waals surface area contributed by atoms with Crippen LogP contribution >= 0.6 is 11.3 Å². The molecule has 3 aliphatic rings. The van der Waals surface area contributed by atoms with Crippen molar-refractivity contribution >= 4 is 33.3 Å². The summed E-state index contributed by atoms with van der Waals surface area (Å²) >= 11 is 1.52. The molecule has 1 aromatic carbocycles. The number of hydrogen-bond donors (Lipinski definition) is 0. The highest BCUT2D eigenvalue weighted by molar-refractivity contribution is 7.20. The first-order valence-electron chi connectivity index (χ1n) is 12.5. The van der Waals surface area contributed by atoms with Gasteiger partial charge in [0.25, 0.3) is 5.91 Å². The number of benzene rings is 1. The van der Waals surface area contributed by atoms with Crippen LogP contribution in [0.25, 0.3) is 10.2 Å². The molecule has 184 valence electrons. The number of piperazine rings is 1. The van der Waals surface area contributed by atoms with Gasteiger partial charge in [0.2, 0.25) is 6.79 Å². The van der Waals surface area contributed by atoms with Gasteiger partial charge in [-0.15, -0.1) is 11.3 Å². The number of amides is 1. The Kier molecular flexibility index (Phi) is 5.98. The quantitative estimate of drug-likeness (QED) is 0.544. The summed E-state index contributed by atoms with van der Waals surface area (Å²) in [7, 11) is 0. The summed E-state index contributed by atoms with van der Waals surface area (Å²) < 4.78 is 10.9. The van der Waals surface area contributed by atoms with Crippen molar-refractivity contribution in [3.05, 3.63) is 40.0 Å². The standard InChI is InChI=1S/C26H31N5O3S/c1-17-22-24(30-8-4-3-5-9-30)27-18(2)28-25(22)35-23(17)26(32)31-12-10-29(11-13-31)15-19-6-7-20-21(14-19)34-16-33-20/h6-7,14H,3-5,8-13,15-16H2,1-2H3. The van der Waals surface area contributed by atoms with E-state index in [0.717, 1.165) is 89.6 Å². The second kappa shape index (κ2) is 9.28.